The van der Waals surface area contributed by atoms with Crippen LogP contribution in [0.1, 0.15) is 34.9 Å². The van der Waals surface area contributed by atoms with E-state index in [0.717, 1.165) is 37.3 Å². The van der Waals surface area contributed by atoms with Gasteiger partial charge in [-0.2, -0.15) is 5.26 Å². The molecule has 1 aromatic carbocycles. The molecule has 1 atom stereocenters. The second kappa shape index (κ2) is 7.02. The third kappa shape index (κ3) is 3.42. The summed E-state index contributed by atoms with van der Waals surface area (Å²) >= 11 is 0. The molecule has 2 aromatic rings. The fraction of sp³-hybridized carbons (Fsp3) is 0.400. The third-order valence-electron chi connectivity index (χ3n) is 4.80. The lowest BCUT2D eigenvalue weighted by molar-refractivity contribution is 0.198. The normalized spacial score (nSPS) is 15.4. The van der Waals surface area contributed by atoms with E-state index in [1.54, 1.807) is 0 Å². The van der Waals surface area contributed by atoms with Crippen molar-refractivity contribution in [3.63, 3.8) is 0 Å². The standard InChI is InChI=1S/C20H24N4/c1-14-10-15(2)23-20(19(14)11-21)22-12-16(3)24-9-8-17-6-4-5-7-18(17)13-24/h4-7,10,16H,8-9,12-13H2,1-3H3,(H,22,23). The Kier molecular flexibility index (Phi) is 4.82. The average Bonchev–Trinajstić information content (AvgIpc) is 2.58. The quantitative estimate of drug-likeness (QED) is 0.938. The average molecular weight is 320 g/mol. The van der Waals surface area contributed by atoms with Gasteiger partial charge >= 0.3 is 0 Å². The first-order valence-electron chi connectivity index (χ1n) is 8.51. The first-order chi connectivity index (χ1) is 11.6. The van der Waals surface area contributed by atoms with Gasteiger partial charge in [0, 0.05) is 31.4 Å². The van der Waals surface area contributed by atoms with E-state index in [2.05, 4.69) is 52.5 Å². The highest BCUT2D eigenvalue weighted by Gasteiger charge is 2.20. The van der Waals surface area contributed by atoms with Gasteiger partial charge in [0.05, 0.1) is 5.56 Å². The van der Waals surface area contributed by atoms with Crippen molar-refractivity contribution in [2.45, 2.75) is 39.8 Å². The van der Waals surface area contributed by atoms with Gasteiger partial charge in [-0.3, -0.25) is 4.90 Å². The molecule has 1 N–H and O–H groups in total. The van der Waals surface area contributed by atoms with Crippen LogP contribution >= 0.6 is 0 Å². The molecule has 2 heterocycles. The van der Waals surface area contributed by atoms with Crippen LogP contribution in [-0.4, -0.2) is 29.0 Å². The molecule has 0 aliphatic carbocycles. The molecule has 0 bridgehead atoms. The van der Waals surface area contributed by atoms with Crippen LogP contribution in [0.5, 0.6) is 0 Å². The fourth-order valence-electron chi connectivity index (χ4n) is 3.37. The molecule has 0 amide bonds. The van der Waals surface area contributed by atoms with E-state index in [0.29, 0.717) is 17.4 Å². The summed E-state index contributed by atoms with van der Waals surface area (Å²) in [5.41, 5.74) is 5.46. The highest BCUT2D eigenvalue weighted by Crippen LogP contribution is 2.21. The molecule has 3 rings (SSSR count). The minimum atomic E-state index is 0.382. The molecule has 0 saturated carbocycles. The topological polar surface area (TPSA) is 52.0 Å². The Bertz CT molecular complexity index is 776. The summed E-state index contributed by atoms with van der Waals surface area (Å²) < 4.78 is 0. The number of nitrogens with one attached hydrogen (secondary N) is 1. The maximum absolute atomic E-state index is 9.37. The minimum absolute atomic E-state index is 0.382. The molecule has 1 unspecified atom stereocenters. The maximum Gasteiger partial charge on any atom is 0.144 e. The molecule has 0 saturated heterocycles. The molecule has 1 aliphatic heterocycles. The first-order valence-corrected chi connectivity index (χ1v) is 8.51. The van der Waals surface area contributed by atoms with Gasteiger partial charge in [0.25, 0.3) is 0 Å². The van der Waals surface area contributed by atoms with Crippen LogP contribution in [0.4, 0.5) is 5.82 Å². The van der Waals surface area contributed by atoms with E-state index in [9.17, 15) is 5.26 Å². The number of aryl methyl sites for hydroxylation is 2. The lowest BCUT2D eigenvalue weighted by Crippen LogP contribution is -2.41. The second-order valence-electron chi connectivity index (χ2n) is 6.64. The van der Waals surface area contributed by atoms with Crippen LogP contribution in [0.2, 0.25) is 0 Å². The van der Waals surface area contributed by atoms with Crippen molar-refractivity contribution >= 4 is 5.82 Å². The van der Waals surface area contributed by atoms with Gasteiger partial charge < -0.3 is 5.32 Å². The van der Waals surface area contributed by atoms with Crippen LogP contribution < -0.4 is 5.32 Å². The summed E-state index contributed by atoms with van der Waals surface area (Å²) in [5, 5.41) is 12.8. The van der Waals surface area contributed by atoms with Crippen molar-refractivity contribution < 1.29 is 0 Å². The van der Waals surface area contributed by atoms with Crippen LogP contribution in [0.15, 0.2) is 30.3 Å². The summed E-state index contributed by atoms with van der Waals surface area (Å²) in [6.07, 6.45) is 1.10. The van der Waals surface area contributed by atoms with Gasteiger partial charge in [-0.25, -0.2) is 4.98 Å². The summed E-state index contributed by atoms with van der Waals surface area (Å²) in [6.45, 7) is 9.01. The maximum atomic E-state index is 9.37. The van der Waals surface area contributed by atoms with E-state index >= 15 is 0 Å². The highest BCUT2D eigenvalue weighted by atomic mass is 15.2. The van der Waals surface area contributed by atoms with E-state index in [1.807, 2.05) is 19.9 Å². The number of nitrogens with zero attached hydrogens (tertiary/aromatic N) is 3. The molecular weight excluding hydrogens is 296 g/mol. The van der Waals surface area contributed by atoms with Gasteiger partial charge in [-0.1, -0.05) is 24.3 Å². The fourth-order valence-corrected chi connectivity index (χ4v) is 3.37. The number of hydrogen-bond acceptors (Lipinski definition) is 4. The van der Waals surface area contributed by atoms with Gasteiger partial charge in [-0.15, -0.1) is 0 Å². The Morgan fingerprint density at radius 3 is 2.79 bits per heavy atom. The Morgan fingerprint density at radius 2 is 2.04 bits per heavy atom. The zero-order valence-electron chi connectivity index (χ0n) is 14.6. The zero-order chi connectivity index (χ0) is 17.1. The monoisotopic (exact) mass is 320 g/mol. The third-order valence-corrected chi connectivity index (χ3v) is 4.80. The Labute approximate surface area is 144 Å². The van der Waals surface area contributed by atoms with Crippen LogP contribution in [0.25, 0.3) is 0 Å². The van der Waals surface area contributed by atoms with Gasteiger partial charge in [-0.05, 0) is 49.9 Å². The van der Waals surface area contributed by atoms with Crippen molar-refractivity contribution in [2.75, 3.05) is 18.4 Å². The molecule has 1 aromatic heterocycles. The van der Waals surface area contributed by atoms with E-state index in [1.165, 1.54) is 11.1 Å². The molecule has 0 spiro atoms. The number of nitriles is 1. The summed E-state index contributed by atoms with van der Waals surface area (Å²) in [4.78, 5) is 7.00. The van der Waals surface area contributed by atoms with Crippen LogP contribution in [0.3, 0.4) is 0 Å². The Hall–Kier alpha value is -2.38. The predicted molar refractivity (Wildman–Crippen MR) is 96.9 cm³/mol. The molecule has 124 valence electrons. The largest absolute Gasteiger partial charge is 0.367 e. The van der Waals surface area contributed by atoms with Crippen molar-refractivity contribution in [3.8, 4) is 6.07 Å². The number of benzene rings is 1. The number of pyridine rings is 1. The van der Waals surface area contributed by atoms with Gasteiger partial charge in [0.15, 0.2) is 0 Å². The molecule has 4 nitrogen and oxygen atoms in total. The highest BCUT2D eigenvalue weighted by molar-refractivity contribution is 5.56. The van der Waals surface area contributed by atoms with Crippen molar-refractivity contribution in [1.82, 2.24) is 9.88 Å². The van der Waals surface area contributed by atoms with Gasteiger partial charge in [0.2, 0.25) is 0 Å². The minimum Gasteiger partial charge on any atom is -0.367 e. The SMILES string of the molecule is Cc1cc(C)c(C#N)c(NCC(C)N2CCc3ccccc3C2)n1. The number of fused-ring (bicyclic) bond motifs is 1. The Balaban J connectivity index is 1.67. The van der Waals surface area contributed by atoms with Crippen LogP contribution in [-0.2, 0) is 13.0 Å². The summed E-state index contributed by atoms with van der Waals surface area (Å²) in [5.74, 6) is 0.708. The molecular formula is C20H24N4. The summed E-state index contributed by atoms with van der Waals surface area (Å²) in [6, 6.07) is 13.3. The lowest BCUT2D eigenvalue weighted by atomic mass is 9.99. The van der Waals surface area contributed by atoms with E-state index in [4.69, 9.17) is 0 Å². The number of anilines is 1. The number of hydrogen-bond donors (Lipinski definition) is 1. The smallest absolute Gasteiger partial charge is 0.144 e. The van der Waals surface area contributed by atoms with Gasteiger partial charge in [0.1, 0.15) is 11.9 Å². The Morgan fingerprint density at radius 1 is 1.29 bits per heavy atom. The zero-order valence-corrected chi connectivity index (χ0v) is 14.6. The van der Waals surface area contributed by atoms with E-state index in [-0.39, 0.29) is 0 Å². The molecule has 4 heteroatoms. The van der Waals surface area contributed by atoms with Crippen molar-refractivity contribution in [2.24, 2.45) is 0 Å². The van der Waals surface area contributed by atoms with Crippen molar-refractivity contribution in [1.29, 1.82) is 5.26 Å². The number of rotatable bonds is 4. The van der Waals surface area contributed by atoms with Crippen molar-refractivity contribution in [3.05, 3.63) is 58.3 Å². The van der Waals surface area contributed by atoms with Crippen LogP contribution in [0, 0.1) is 25.2 Å². The predicted octanol–water partition coefficient (Wildman–Crippen LogP) is 3.43. The van der Waals surface area contributed by atoms with E-state index < -0.39 is 0 Å². The molecule has 24 heavy (non-hydrogen) atoms. The summed E-state index contributed by atoms with van der Waals surface area (Å²) in [7, 11) is 0. The molecule has 1 aliphatic rings. The second-order valence-corrected chi connectivity index (χ2v) is 6.64. The molecule has 0 fully saturated rings. The molecule has 0 radical (unpaired) electrons. The first kappa shape index (κ1) is 16.5. The lowest BCUT2D eigenvalue weighted by Gasteiger charge is -2.34. The number of aromatic nitrogens is 1.